The number of rotatable bonds is 5. The van der Waals surface area contributed by atoms with E-state index in [1.165, 1.54) is 12.1 Å². The Morgan fingerprint density at radius 3 is 2.80 bits per heavy atom. The number of hydrogen-bond donors (Lipinski definition) is 2. The average molecular weight is 568 g/mol. The van der Waals surface area contributed by atoms with Gasteiger partial charge < -0.3 is 10.6 Å². The molecule has 0 aliphatic carbocycles. The van der Waals surface area contributed by atoms with Gasteiger partial charge in [0.1, 0.15) is 17.3 Å². The number of fused-ring (bicyclic) bond motifs is 2. The summed E-state index contributed by atoms with van der Waals surface area (Å²) in [5.74, 6) is -0.594. The number of thiophene rings is 1. The van der Waals surface area contributed by atoms with Crippen molar-refractivity contribution in [2.24, 2.45) is 7.05 Å². The average Bonchev–Trinajstić information content (AvgIpc) is 3.72. The van der Waals surface area contributed by atoms with Gasteiger partial charge in [-0.15, -0.1) is 16.4 Å². The number of nitrogens with zero attached hydrogens (tertiary/aromatic N) is 5. The molecule has 5 heterocycles. The van der Waals surface area contributed by atoms with Gasteiger partial charge in [-0.05, 0) is 66.9 Å². The Bertz CT molecular complexity index is 1820. The van der Waals surface area contributed by atoms with Crippen LogP contribution in [-0.2, 0) is 13.6 Å². The molecule has 206 valence electrons. The molecule has 9 nitrogen and oxygen atoms in total. The molecular formula is C30H26FN7O2S. The number of carbonyl (C=O) groups excluding carboxylic acids is 2. The Morgan fingerprint density at radius 2 is 2.02 bits per heavy atom. The van der Waals surface area contributed by atoms with E-state index in [0.29, 0.717) is 35.7 Å². The van der Waals surface area contributed by atoms with Crippen molar-refractivity contribution in [1.29, 1.82) is 0 Å². The second kappa shape index (κ2) is 10.2. The Hall–Kier alpha value is -4.48. The minimum absolute atomic E-state index is 0.0201. The van der Waals surface area contributed by atoms with Gasteiger partial charge in [-0.1, -0.05) is 17.3 Å². The van der Waals surface area contributed by atoms with Crippen LogP contribution in [0.25, 0.3) is 31.8 Å². The smallest absolute Gasteiger partial charge is 0.262 e. The van der Waals surface area contributed by atoms with Crippen LogP contribution in [0, 0.1) is 5.82 Å². The fraction of sp³-hybridized carbons (Fsp3) is 0.233. The summed E-state index contributed by atoms with van der Waals surface area (Å²) in [7, 11) is 1.74. The molecule has 0 bridgehead atoms. The van der Waals surface area contributed by atoms with Crippen LogP contribution in [0.1, 0.15) is 39.1 Å². The number of piperidine rings is 1. The lowest BCUT2D eigenvalue weighted by atomic mass is 10.0. The van der Waals surface area contributed by atoms with E-state index in [1.54, 1.807) is 46.4 Å². The van der Waals surface area contributed by atoms with Crippen LogP contribution in [-0.4, -0.2) is 50.9 Å². The van der Waals surface area contributed by atoms with Crippen molar-refractivity contribution in [3.05, 3.63) is 83.4 Å². The number of carbonyl (C=O) groups is 2. The van der Waals surface area contributed by atoms with E-state index >= 15 is 4.39 Å². The van der Waals surface area contributed by atoms with Crippen molar-refractivity contribution in [3.8, 4) is 21.7 Å². The molecule has 3 aromatic heterocycles. The maximum Gasteiger partial charge on any atom is 0.262 e. The Morgan fingerprint density at radius 1 is 1.15 bits per heavy atom. The number of aromatic nitrogens is 4. The number of hydrogen-bond acceptors (Lipinski definition) is 7. The summed E-state index contributed by atoms with van der Waals surface area (Å²) in [4.78, 5) is 33.5. The molecule has 0 unspecified atom stereocenters. The number of aryl methyl sites for hydroxylation is 1. The van der Waals surface area contributed by atoms with Gasteiger partial charge in [-0.2, -0.15) is 0 Å². The van der Waals surface area contributed by atoms with Crippen molar-refractivity contribution in [3.63, 3.8) is 0 Å². The number of benzene rings is 2. The lowest BCUT2D eigenvalue weighted by molar-refractivity contribution is 0.0958. The molecule has 2 amide bonds. The molecule has 2 aromatic carbocycles. The summed E-state index contributed by atoms with van der Waals surface area (Å²) in [6.45, 7) is 1.97. The van der Waals surface area contributed by atoms with E-state index in [2.05, 4.69) is 25.9 Å². The number of anilines is 1. The molecule has 11 heteroatoms. The zero-order chi connectivity index (χ0) is 28.1. The van der Waals surface area contributed by atoms with Crippen molar-refractivity contribution in [1.82, 2.24) is 30.6 Å². The van der Waals surface area contributed by atoms with Crippen LogP contribution >= 0.6 is 11.3 Å². The van der Waals surface area contributed by atoms with Crippen molar-refractivity contribution in [2.45, 2.75) is 25.4 Å². The summed E-state index contributed by atoms with van der Waals surface area (Å²) < 4.78 is 18.1. The molecule has 7 rings (SSSR count). The molecule has 1 fully saturated rings. The van der Waals surface area contributed by atoms with Crippen LogP contribution < -0.4 is 15.5 Å². The fourth-order valence-electron chi connectivity index (χ4n) is 5.61. The van der Waals surface area contributed by atoms with Crippen molar-refractivity contribution < 1.29 is 14.0 Å². The highest BCUT2D eigenvalue weighted by atomic mass is 32.1. The quantitative estimate of drug-likeness (QED) is 0.323. The molecule has 2 aliphatic rings. The van der Waals surface area contributed by atoms with Crippen LogP contribution in [0.4, 0.5) is 10.2 Å². The van der Waals surface area contributed by atoms with E-state index in [-0.39, 0.29) is 17.5 Å². The van der Waals surface area contributed by atoms with Gasteiger partial charge in [0.05, 0.1) is 17.8 Å². The summed E-state index contributed by atoms with van der Waals surface area (Å²) in [6.07, 6.45) is 5.08. The van der Waals surface area contributed by atoms with Crippen LogP contribution in [0.3, 0.4) is 0 Å². The molecular weight excluding hydrogens is 541 g/mol. The number of pyridine rings is 1. The first-order valence-electron chi connectivity index (χ1n) is 13.5. The van der Waals surface area contributed by atoms with Gasteiger partial charge >= 0.3 is 0 Å². The third kappa shape index (κ3) is 4.56. The normalized spacial score (nSPS) is 16.5. The van der Waals surface area contributed by atoms with Gasteiger partial charge in [0.2, 0.25) is 0 Å². The van der Waals surface area contributed by atoms with E-state index in [1.807, 2.05) is 30.3 Å². The summed E-state index contributed by atoms with van der Waals surface area (Å²) in [6, 6.07) is 14.2. The van der Waals surface area contributed by atoms with Crippen molar-refractivity contribution in [2.75, 3.05) is 18.0 Å². The lowest BCUT2D eigenvalue weighted by Crippen LogP contribution is -2.49. The summed E-state index contributed by atoms with van der Waals surface area (Å²) >= 11 is 1.60. The second-order valence-corrected chi connectivity index (χ2v) is 11.4. The number of halogens is 1. The number of amides is 2. The second-order valence-electron chi connectivity index (χ2n) is 10.4. The molecule has 0 radical (unpaired) electrons. The highest BCUT2D eigenvalue weighted by molar-refractivity contribution is 7.22. The van der Waals surface area contributed by atoms with Gasteiger partial charge in [-0.25, -0.2) is 9.37 Å². The zero-order valence-electron chi connectivity index (χ0n) is 22.2. The predicted molar refractivity (Wildman–Crippen MR) is 155 cm³/mol. The van der Waals surface area contributed by atoms with E-state index < -0.39 is 11.7 Å². The maximum atomic E-state index is 15.5. The molecule has 2 N–H and O–H groups in total. The van der Waals surface area contributed by atoms with Gasteiger partial charge in [0, 0.05) is 52.4 Å². The van der Waals surface area contributed by atoms with Gasteiger partial charge in [0.25, 0.3) is 11.8 Å². The zero-order valence-corrected chi connectivity index (χ0v) is 23.0. The third-order valence-electron chi connectivity index (χ3n) is 7.68. The largest absolute Gasteiger partial charge is 0.348 e. The summed E-state index contributed by atoms with van der Waals surface area (Å²) in [5.41, 5.74) is 3.72. The Kier molecular flexibility index (Phi) is 6.32. The van der Waals surface area contributed by atoms with E-state index in [9.17, 15) is 9.59 Å². The molecule has 5 aromatic rings. The van der Waals surface area contributed by atoms with E-state index in [4.69, 9.17) is 0 Å². The van der Waals surface area contributed by atoms with E-state index in [0.717, 1.165) is 45.5 Å². The standard InChI is InChI=1S/C30H26FN7O2S/c1-37-16-25(35-36-37)17-4-7-22(24(31)12-17)30(40)38(20-3-2-9-32-15-20)28-23-13-27(41-26(23)8-10-33-28)18-5-6-21-19(11-18)14-34-29(21)39/h4-8,10-13,16,20,32H,2-3,9,14-15H2,1H3,(H,34,39)/t20-/m1/s1. The topological polar surface area (TPSA) is 105 Å². The van der Waals surface area contributed by atoms with Crippen LogP contribution in [0.5, 0.6) is 0 Å². The molecule has 0 spiro atoms. The Labute approximate surface area is 239 Å². The number of nitrogens with one attached hydrogen (secondary N) is 2. The lowest BCUT2D eigenvalue weighted by Gasteiger charge is -2.34. The first-order valence-corrected chi connectivity index (χ1v) is 14.3. The van der Waals surface area contributed by atoms with Crippen LogP contribution in [0.2, 0.25) is 0 Å². The van der Waals surface area contributed by atoms with Crippen molar-refractivity contribution >= 4 is 39.1 Å². The SMILES string of the molecule is Cn1cc(-c2ccc(C(=O)N(c3nccc4sc(-c5ccc6c(c5)CNC6=O)cc34)[C@@H]3CCCNC3)c(F)c2)nn1. The fourth-order valence-corrected chi connectivity index (χ4v) is 6.66. The molecule has 1 atom stereocenters. The van der Waals surface area contributed by atoms with Crippen LogP contribution in [0.15, 0.2) is 60.9 Å². The molecule has 0 saturated carbocycles. The van der Waals surface area contributed by atoms with Gasteiger partial charge in [-0.3, -0.25) is 19.2 Å². The third-order valence-corrected chi connectivity index (χ3v) is 8.83. The molecule has 1 saturated heterocycles. The highest BCUT2D eigenvalue weighted by Gasteiger charge is 2.32. The highest BCUT2D eigenvalue weighted by Crippen LogP contribution is 2.39. The minimum Gasteiger partial charge on any atom is -0.348 e. The van der Waals surface area contributed by atoms with Gasteiger partial charge in [0.15, 0.2) is 0 Å². The maximum absolute atomic E-state index is 15.5. The first kappa shape index (κ1) is 25.5. The first-order chi connectivity index (χ1) is 20.0. The Balaban J connectivity index is 1.30. The minimum atomic E-state index is -0.619. The molecule has 41 heavy (non-hydrogen) atoms. The predicted octanol–water partition coefficient (Wildman–Crippen LogP) is 4.54. The summed E-state index contributed by atoms with van der Waals surface area (Å²) in [5, 5.41) is 15.1. The molecule has 2 aliphatic heterocycles. The monoisotopic (exact) mass is 567 g/mol.